The molecule has 3 rings (SSSR count). The number of hydrogen-bond donors (Lipinski definition) is 1. The Morgan fingerprint density at radius 2 is 1.04 bits per heavy atom. The lowest BCUT2D eigenvalue weighted by molar-refractivity contribution is -0.143. The van der Waals surface area contributed by atoms with Crippen LogP contribution in [0.5, 0.6) is 0 Å². The summed E-state index contributed by atoms with van der Waals surface area (Å²) >= 11 is 0. The molecule has 1 heterocycles. The van der Waals surface area contributed by atoms with Crippen molar-refractivity contribution < 1.29 is 31.5 Å². The molecule has 1 unspecified atom stereocenters. The van der Waals surface area contributed by atoms with Crippen LogP contribution in [0.15, 0.2) is 82.6 Å². The fourth-order valence-electron chi connectivity index (χ4n) is 6.36. The Kier molecular flexibility index (Phi) is 17.2. The van der Waals surface area contributed by atoms with E-state index in [1.54, 1.807) is 48.6 Å². The number of esters is 1. The number of aliphatic hydroxyl groups excluding tert-OH is 1. The van der Waals surface area contributed by atoms with E-state index < -0.39 is 29.9 Å². The molecule has 0 fully saturated rings. The minimum atomic E-state index is -4.37. The largest absolute Gasteiger partial charge is 0.466 e. The average molecular weight is 689 g/mol. The van der Waals surface area contributed by atoms with Crippen molar-refractivity contribution in [3.8, 4) is 0 Å². The Labute approximate surface area is 284 Å². The molecule has 1 atom stereocenters. The maximum Gasteiger partial charge on any atom is 0.305 e. The van der Waals surface area contributed by atoms with Crippen LogP contribution in [0, 0.1) is 0 Å². The molecule has 0 radical (unpaired) electrons. The second-order valence-corrected chi connectivity index (χ2v) is 17.7. The van der Waals surface area contributed by atoms with E-state index >= 15 is 0 Å². The fourth-order valence-corrected chi connectivity index (χ4v) is 11.4. The van der Waals surface area contributed by atoms with Crippen molar-refractivity contribution >= 4 is 25.6 Å². The SMILES string of the molecule is O=C1CCCCCCCCCCC(S(=O)(=O)c2ccccc2)(S(=O)(=O)c2ccccc2)C/C=C/C(O)CCCCCCCCCCO1. The molecule has 2 aromatic carbocycles. The van der Waals surface area contributed by atoms with Crippen LogP contribution < -0.4 is 0 Å². The summed E-state index contributed by atoms with van der Waals surface area (Å²) < 4.78 is 61.3. The monoisotopic (exact) mass is 688 g/mol. The van der Waals surface area contributed by atoms with Gasteiger partial charge in [0.2, 0.25) is 0 Å². The van der Waals surface area contributed by atoms with E-state index in [1.807, 2.05) is 0 Å². The van der Waals surface area contributed by atoms with Crippen LogP contribution in [-0.2, 0) is 29.2 Å². The Morgan fingerprint density at radius 1 is 0.596 bits per heavy atom. The molecule has 0 saturated heterocycles. The molecule has 0 saturated carbocycles. The first-order valence-electron chi connectivity index (χ1n) is 17.8. The van der Waals surface area contributed by atoms with Gasteiger partial charge in [0.15, 0.2) is 23.8 Å². The molecule has 1 aliphatic heterocycles. The number of benzene rings is 2. The molecule has 1 aliphatic rings. The van der Waals surface area contributed by atoms with E-state index in [1.165, 1.54) is 24.3 Å². The molecule has 2 aromatic rings. The van der Waals surface area contributed by atoms with Gasteiger partial charge in [-0.2, -0.15) is 0 Å². The second-order valence-electron chi connectivity index (χ2n) is 12.9. The van der Waals surface area contributed by atoms with Gasteiger partial charge in [0.1, 0.15) is 0 Å². The lowest BCUT2D eigenvalue weighted by Crippen LogP contribution is -2.46. The minimum Gasteiger partial charge on any atom is -0.466 e. The van der Waals surface area contributed by atoms with E-state index in [0.717, 1.165) is 89.9 Å². The van der Waals surface area contributed by atoms with Crippen LogP contribution in [0.25, 0.3) is 0 Å². The Bertz CT molecular complexity index is 1330. The zero-order chi connectivity index (χ0) is 33.9. The quantitative estimate of drug-likeness (QED) is 0.252. The molecular formula is C38H56O7S2. The second kappa shape index (κ2) is 20.8. The number of hydrogen-bond acceptors (Lipinski definition) is 7. The topological polar surface area (TPSA) is 115 Å². The molecule has 0 aliphatic carbocycles. The van der Waals surface area contributed by atoms with Crippen LogP contribution in [0.1, 0.15) is 128 Å². The van der Waals surface area contributed by atoms with E-state index in [2.05, 4.69) is 0 Å². The van der Waals surface area contributed by atoms with Gasteiger partial charge in [0.05, 0.1) is 22.5 Å². The summed E-state index contributed by atoms with van der Waals surface area (Å²) in [7, 11) is -8.74. The number of carbonyl (C=O) groups is 1. The Balaban J connectivity index is 1.83. The summed E-state index contributed by atoms with van der Waals surface area (Å²) in [5.41, 5.74) is 0. The Hall–Kier alpha value is -2.49. The van der Waals surface area contributed by atoms with E-state index in [-0.39, 0.29) is 28.6 Å². The summed E-state index contributed by atoms with van der Waals surface area (Å²) in [6.07, 6.45) is 18.0. The number of cyclic esters (lactones) is 1. The third kappa shape index (κ3) is 12.2. The minimum absolute atomic E-state index is 0.0206. The lowest BCUT2D eigenvalue weighted by Gasteiger charge is -2.32. The molecule has 7 nitrogen and oxygen atoms in total. The molecule has 0 aromatic heterocycles. The molecule has 47 heavy (non-hydrogen) atoms. The highest BCUT2D eigenvalue weighted by molar-refractivity contribution is 8.10. The number of rotatable bonds is 4. The normalized spacial score (nSPS) is 22.3. The standard InChI is InChI=1S/C38H56O7S2/c39-34-24-15-9-5-2-4-8-12-22-33-45-37(40)30-20-10-6-1-3-7-11-21-31-38(32-23-25-34,46(41,42)35-26-16-13-17-27-35)47(43,44)36-28-18-14-19-29-36/h13-14,16-19,23,25-29,34,39H,1-12,15,20-22,24,30-33H2/b25-23+. The molecular weight excluding hydrogens is 633 g/mol. The predicted molar refractivity (Wildman–Crippen MR) is 188 cm³/mol. The summed E-state index contributed by atoms with van der Waals surface area (Å²) in [6, 6.07) is 15.7. The van der Waals surface area contributed by atoms with Gasteiger partial charge >= 0.3 is 5.97 Å². The average Bonchev–Trinajstić information content (AvgIpc) is 3.07. The van der Waals surface area contributed by atoms with Gasteiger partial charge < -0.3 is 9.84 Å². The maximum atomic E-state index is 14.5. The zero-order valence-electron chi connectivity index (χ0n) is 28.1. The van der Waals surface area contributed by atoms with Crippen LogP contribution in [0.4, 0.5) is 0 Å². The number of sulfone groups is 2. The van der Waals surface area contributed by atoms with Gasteiger partial charge in [-0.1, -0.05) is 138 Å². The highest BCUT2D eigenvalue weighted by Gasteiger charge is 2.54. The summed E-state index contributed by atoms with van der Waals surface area (Å²) in [5.74, 6) is -0.113. The van der Waals surface area contributed by atoms with Gasteiger partial charge in [-0.05, 0) is 49.9 Å². The van der Waals surface area contributed by atoms with Crippen LogP contribution in [0.2, 0.25) is 0 Å². The summed E-state index contributed by atoms with van der Waals surface area (Å²) in [4.78, 5) is 12.0. The molecule has 0 bridgehead atoms. The smallest absolute Gasteiger partial charge is 0.305 e. The third-order valence-electron chi connectivity index (χ3n) is 9.22. The van der Waals surface area contributed by atoms with E-state index in [9.17, 15) is 26.7 Å². The molecule has 0 amide bonds. The van der Waals surface area contributed by atoms with Gasteiger partial charge in [0.25, 0.3) is 0 Å². The van der Waals surface area contributed by atoms with Crippen LogP contribution in [-0.4, -0.2) is 44.7 Å². The highest BCUT2D eigenvalue weighted by atomic mass is 32.3. The van der Waals surface area contributed by atoms with Crippen molar-refractivity contribution in [2.75, 3.05) is 6.61 Å². The summed E-state index contributed by atoms with van der Waals surface area (Å²) in [5, 5.41) is 10.7. The first kappa shape index (κ1) is 39.0. The molecule has 0 spiro atoms. The molecule has 9 heteroatoms. The Morgan fingerprint density at radius 3 is 1.57 bits per heavy atom. The van der Waals surface area contributed by atoms with Crippen LogP contribution >= 0.6 is 0 Å². The lowest BCUT2D eigenvalue weighted by atomic mass is 10.0. The first-order chi connectivity index (χ1) is 22.7. The molecule has 262 valence electrons. The predicted octanol–water partition coefficient (Wildman–Crippen LogP) is 8.91. The third-order valence-corrected chi connectivity index (χ3v) is 15.0. The van der Waals surface area contributed by atoms with Gasteiger partial charge in [-0.25, -0.2) is 16.8 Å². The van der Waals surface area contributed by atoms with Gasteiger partial charge in [-0.15, -0.1) is 0 Å². The van der Waals surface area contributed by atoms with Crippen molar-refractivity contribution in [1.29, 1.82) is 0 Å². The van der Waals surface area contributed by atoms with Crippen molar-refractivity contribution in [1.82, 2.24) is 0 Å². The summed E-state index contributed by atoms with van der Waals surface area (Å²) in [6.45, 7) is 0.505. The number of aliphatic hydroxyl groups is 1. The number of allylic oxidation sites excluding steroid dienone is 1. The van der Waals surface area contributed by atoms with Crippen molar-refractivity contribution in [3.05, 3.63) is 72.8 Å². The van der Waals surface area contributed by atoms with Gasteiger partial charge in [0, 0.05) is 12.8 Å². The van der Waals surface area contributed by atoms with E-state index in [4.69, 9.17) is 4.74 Å². The maximum absolute atomic E-state index is 14.5. The van der Waals surface area contributed by atoms with Crippen molar-refractivity contribution in [2.24, 2.45) is 0 Å². The van der Waals surface area contributed by atoms with Gasteiger partial charge in [-0.3, -0.25) is 4.79 Å². The number of ether oxygens (including phenoxy) is 1. The van der Waals surface area contributed by atoms with E-state index in [0.29, 0.717) is 32.3 Å². The fraction of sp³-hybridized carbons (Fsp3) is 0.605. The number of carbonyl (C=O) groups excluding carboxylic acids is 1. The molecule has 1 N–H and O–H groups in total. The highest BCUT2D eigenvalue weighted by Crippen LogP contribution is 2.43. The van der Waals surface area contributed by atoms with Crippen molar-refractivity contribution in [3.63, 3.8) is 0 Å². The van der Waals surface area contributed by atoms with Crippen molar-refractivity contribution in [2.45, 2.75) is 148 Å². The first-order valence-corrected chi connectivity index (χ1v) is 20.8. The zero-order valence-corrected chi connectivity index (χ0v) is 29.7. The van der Waals surface area contributed by atoms with Crippen LogP contribution in [0.3, 0.4) is 0 Å².